The van der Waals surface area contributed by atoms with Crippen LogP contribution < -0.4 is 0 Å². The summed E-state index contributed by atoms with van der Waals surface area (Å²) in [6.45, 7) is 6.08. The van der Waals surface area contributed by atoms with Gasteiger partial charge in [-0.1, -0.05) is 199 Å². The first kappa shape index (κ1) is 54.3. The first-order valence-electron chi connectivity index (χ1n) is 22.5. The summed E-state index contributed by atoms with van der Waals surface area (Å²) in [6.07, 6.45) is 65.4. The molecule has 0 saturated heterocycles. The zero-order valence-corrected chi connectivity index (χ0v) is 36.9. The Kier molecular flexibility index (Phi) is 42.3. The highest BCUT2D eigenvalue weighted by Crippen LogP contribution is 2.11. The van der Waals surface area contributed by atoms with E-state index in [1.165, 1.54) is 0 Å². The average molecular weight is 811 g/mol. The molecule has 6 nitrogen and oxygen atoms in total. The molecular formula is C53H78O6. The molecule has 0 aliphatic heterocycles. The van der Waals surface area contributed by atoms with Gasteiger partial charge in [-0.2, -0.15) is 0 Å². The van der Waals surface area contributed by atoms with Crippen LogP contribution in [0.4, 0.5) is 0 Å². The van der Waals surface area contributed by atoms with Crippen molar-refractivity contribution in [3.63, 3.8) is 0 Å². The summed E-state index contributed by atoms with van der Waals surface area (Å²) in [4.78, 5) is 37.8. The van der Waals surface area contributed by atoms with Crippen LogP contribution in [0.15, 0.2) is 146 Å². The minimum atomic E-state index is -0.829. The van der Waals surface area contributed by atoms with Crippen molar-refractivity contribution in [1.82, 2.24) is 0 Å². The maximum atomic E-state index is 12.7. The fourth-order valence-corrected chi connectivity index (χ4v) is 5.29. The number of hydrogen-bond donors (Lipinski definition) is 0. The van der Waals surface area contributed by atoms with Gasteiger partial charge < -0.3 is 14.2 Å². The molecule has 0 radical (unpaired) electrons. The predicted octanol–water partition coefficient (Wildman–Crippen LogP) is 14.5. The smallest absolute Gasteiger partial charge is 0.306 e. The Labute approximate surface area is 359 Å². The summed E-state index contributed by atoms with van der Waals surface area (Å²) >= 11 is 0. The summed E-state index contributed by atoms with van der Waals surface area (Å²) in [7, 11) is 0. The van der Waals surface area contributed by atoms with Crippen LogP contribution in [-0.4, -0.2) is 37.2 Å². The van der Waals surface area contributed by atoms with Crippen molar-refractivity contribution in [1.29, 1.82) is 0 Å². The van der Waals surface area contributed by atoms with Crippen molar-refractivity contribution >= 4 is 17.9 Å². The molecule has 0 aromatic heterocycles. The molecule has 0 rings (SSSR count). The van der Waals surface area contributed by atoms with Gasteiger partial charge >= 0.3 is 17.9 Å². The van der Waals surface area contributed by atoms with E-state index in [0.717, 1.165) is 103 Å². The van der Waals surface area contributed by atoms with Crippen molar-refractivity contribution in [3.05, 3.63) is 146 Å². The van der Waals surface area contributed by atoms with Crippen LogP contribution >= 0.6 is 0 Å². The van der Waals surface area contributed by atoms with Gasteiger partial charge in [0.2, 0.25) is 0 Å². The van der Waals surface area contributed by atoms with Crippen molar-refractivity contribution in [2.75, 3.05) is 13.2 Å². The lowest BCUT2D eigenvalue weighted by atomic mass is 10.1. The predicted molar refractivity (Wildman–Crippen MR) is 251 cm³/mol. The number of carbonyl (C=O) groups is 3. The second-order valence-electron chi connectivity index (χ2n) is 14.1. The highest BCUT2D eigenvalue weighted by Gasteiger charge is 2.19. The number of allylic oxidation sites excluding steroid dienone is 24. The fraction of sp³-hybridized carbons (Fsp3) is 0.491. The quantitative estimate of drug-likeness (QED) is 0.0269. The zero-order valence-electron chi connectivity index (χ0n) is 36.9. The largest absolute Gasteiger partial charge is 0.462 e. The van der Waals surface area contributed by atoms with E-state index in [-0.39, 0.29) is 37.5 Å². The van der Waals surface area contributed by atoms with Gasteiger partial charge in [0.05, 0.1) is 0 Å². The Bertz CT molecular complexity index is 1390. The first-order valence-corrected chi connectivity index (χ1v) is 22.5. The lowest BCUT2D eigenvalue weighted by molar-refractivity contribution is -0.167. The van der Waals surface area contributed by atoms with Crippen LogP contribution in [0.25, 0.3) is 0 Å². The molecule has 0 N–H and O–H groups in total. The highest BCUT2D eigenvalue weighted by molar-refractivity contribution is 5.71. The van der Waals surface area contributed by atoms with Gasteiger partial charge in [-0.3, -0.25) is 14.4 Å². The van der Waals surface area contributed by atoms with E-state index < -0.39 is 6.10 Å². The van der Waals surface area contributed by atoms with E-state index in [0.29, 0.717) is 19.3 Å². The minimum Gasteiger partial charge on any atom is -0.462 e. The molecule has 1 atom stereocenters. The molecule has 0 aliphatic carbocycles. The maximum Gasteiger partial charge on any atom is 0.306 e. The van der Waals surface area contributed by atoms with E-state index >= 15 is 0 Å². The number of esters is 3. The third kappa shape index (κ3) is 44.2. The second-order valence-corrected chi connectivity index (χ2v) is 14.1. The van der Waals surface area contributed by atoms with Crippen LogP contribution in [0.1, 0.15) is 149 Å². The maximum absolute atomic E-state index is 12.7. The SMILES string of the molecule is CC/C=C/C=C/C=C/C=C/CCCCCCCC(=O)OCC(COC(=O)CCCCC/C=C/C=C/C=C/C=C/CC)OC(=O)CCCCC/C=C/C=C/C=C/C=C/CC. The van der Waals surface area contributed by atoms with E-state index in [1.54, 1.807) is 0 Å². The molecule has 0 aromatic rings. The third-order valence-electron chi connectivity index (χ3n) is 8.60. The molecule has 0 heterocycles. The normalized spacial score (nSPS) is 13.5. The van der Waals surface area contributed by atoms with Crippen LogP contribution in [0.5, 0.6) is 0 Å². The summed E-state index contributed by atoms with van der Waals surface area (Å²) in [5.74, 6) is -1.05. The molecule has 1 unspecified atom stereocenters. The molecule has 0 fully saturated rings. The summed E-state index contributed by atoms with van der Waals surface area (Å²) in [6, 6.07) is 0. The molecule has 326 valence electrons. The Morgan fingerprint density at radius 2 is 0.610 bits per heavy atom. The van der Waals surface area contributed by atoms with Gasteiger partial charge in [-0.25, -0.2) is 0 Å². The van der Waals surface area contributed by atoms with Crippen molar-refractivity contribution in [3.8, 4) is 0 Å². The molecule has 0 aliphatic rings. The lowest BCUT2D eigenvalue weighted by Gasteiger charge is -2.18. The molecule has 0 bridgehead atoms. The molecule has 0 aromatic carbocycles. The number of rotatable bonds is 37. The van der Waals surface area contributed by atoms with Crippen LogP contribution in [0.3, 0.4) is 0 Å². The summed E-state index contributed by atoms with van der Waals surface area (Å²) in [5.41, 5.74) is 0. The summed E-state index contributed by atoms with van der Waals surface area (Å²) < 4.78 is 16.6. The van der Waals surface area contributed by atoms with Crippen molar-refractivity contribution < 1.29 is 28.6 Å². The first-order chi connectivity index (χ1) is 29.0. The average Bonchev–Trinajstić information content (AvgIpc) is 3.23. The van der Waals surface area contributed by atoms with Crippen molar-refractivity contribution in [2.45, 2.75) is 155 Å². The van der Waals surface area contributed by atoms with E-state index in [2.05, 4.69) is 69.4 Å². The Hall–Kier alpha value is -4.71. The van der Waals surface area contributed by atoms with E-state index in [4.69, 9.17) is 14.2 Å². The molecule has 0 amide bonds. The topological polar surface area (TPSA) is 78.9 Å². The van der Waals surface area contributed by atoms with E-state index in [1.807, 2.05) is 97.2 Å². The van der Waals surface area contributed by atoms with Crippen LogP contribution in [0, 0.1) is 0 Å². The molecule has 0 saturated carbocycles. The zero-order chi connectivity index (χ0) is 43.0. The van der Waals surface area contributed by atoms with E-state index in [9.17, 15) is 14.4 Å². The second kappa shape index (κ2) is 46.0. The molecule has 6 heteroatoms. The molecular weight excluding hydrogens is 733 g/mol. The van der Waals surface area contributed by atoms with Gasteiger partial charge in [0.25, 0.3) is 0 Å². The Morgan fingerprint density at radius 3 is 0.966 bits per heavy atom. The monoisotopic (exact) mass is 811 g/mol. The van der Waals surface area contributed by atoms with Gasteiger partial charge in [-0.15, -0.1) is 0 Å². The minimum absolute atomic E-state index is 0.127. The number of carbonyl (C=O) groups excluding carboxylic acids is 3. The van der Waals surface area contributed by atoms with Crippen LogP contribution in [0.2, 0.25) is 0 Å². The van der Waals surface area contributed by atoms with Gasteiger partial charge in [0.15, 0.2) is 6.10 Å². The summed E-state index contributed by atoms with van der Waals surface area (Å²) in [5, 5.41) is 0. The van der Waals surface area contributed by atoms with Gasteiger partial charge in [0, 0.05) is 19.3 Å². The molecule has 59 heavy (non-hydrogen) atoms. The Balaban J connectivity index is 4.60. The standard InChI is InChI=1S/C53H78O6/c1-4-7-10-13-16-19-22-25-26-29-31-34-37-40-43-46-52(55)58-49-50(59-53(56)47-44-41-38-35-32-28-24-21-18-15-12-9-6-3)48-57-51(54)45-42-39-36-33-30-27-23-20-17-14-11-8-5-2/h7-28,30,32,50H,4-6,29,31,33-49H2,1-3H3/b10-7+,11-8+,12-9+,16-13+,17-14+,18-15+,22-19+,23-20+,24-21+,26-25+,30-27+,32-28+. The fourth-order valence-electron chi connectivity index (χ4n) is 5.29. The highest BCUT2D eigenvalue weighted by atomic mass is 16.6. The van der Waals surface area contributed by atoms with Gasteiger partial charge in [-0.05, 0) is 77.0 Å². The number of unbranched alkanes of at least 4 members (excludes halogenated alkanes) is 11. The third-order valence-corrected chi connectivity index (χ3v) is 8.60. The van der Waals surface area contributed by atoms with Gasteiger partial charge in [0.1, 0.15) is 13.2 Å². The van der Waals surface area contributed by atoms with Crippen molar-refractivity contribution in [2.24, 2.45) is 0 Å². The number of ether oxygens (including phenoxy) is 3. The molecule has 0 spiro atoms. The number of hydrogen-bond acceptors (Lipinski definition) is 6. The lowest BCUT2D eigenvalue weighted by Crippen LogP contribution is -2.30. The Morgan fingerprint density at radius 1 is 0.339 bits per heavy atom. The van der Waals surface area contributed by atoms with Crippen LogP contribution in [-0.2, 0) is 28.6 Å².